The molecule has 0 bridgehead atoms. The molecule has 1 amide bonds. The smallest absolute Gasteiger partial charge is 0.238 e. The third-order valence-electron chi connectivity index (χ3n) is 3.51. The van der Waals surface area contributed by atoms with Gasteiger partial charge in [0.25, 0.3) is 0 Å². The fraction of sp³-hybridized carbons (Fsp3) is 0.909. The molecule has 0 aromatic rings. The van der Waals surface area contributed by atoms with Gasteiger partial charge in [-0.15, -0.1) is 0 Å². The Labute approximate surface area is 102 Å². The molecule has 2 aliphatic rings. The molecule has 0 aliphatic carbocycles. The van der Waals surface area contributed by atoms with Gasteiger partial charge in [0.1, 0.15) is 5.25 Å². The van der Waals surface area contributed by atoms with Gasteiger partial charge in [-0.25, -0.2) is 8.42 Å². The Bertz CT molecular complexity index is 374. The number of amides is 1. The molecule has 2 aliphatic heterocycles. The minimum Gasteiger partial charge on any atom is -0.351 e. The maximum absolute atomic E-state index is 12.0. The van der Waals surface area contributed by atoms with Gasteiger partial charge in [0, 0.05) is 12.6 Å². The van der Waals surface area contributed by atoms with E-state index in [1.807, 2.05) is 0 Å². The number of rotatable bonds is 2. The Morgan fingerprint density at radius 1 is 1.18 bits per heavy atom. The topological polar surface area (TPSA) is 75.3 Å². The van der Waals surface area contributed by atoms with Gasteiger partial charge in [0.15, 0.2) is 9.84 Å². The molecule has 2 heterocycles. The molecule has 0 aromatic carbocycles. The van der Waals surface area contributed by atoms with E-state index in [1.165, 1.54) is 0 Å². The zero-order valence-electron chi connectivity index (χ0n) is 9.94. The number of hydrogen-bond acceptors (Lipinski definition) is 4. The van der Waals surface area contributed by atoms with E-state index < -0.39 is 15.1 Å². The first-order valence-corrected chi connectivity index (χ1v) is 8.04. The number of nitrogens with one attached hydrogen (secondary N) is 2. The Kier molecular flexibility index (Phi) is 4.04. The third kappa shape index (κ3) is 3.19. The Balaban J connectivity index is 1.94. The minimum atomic E-state index is -3.21. The van der Waals surface area contributed by atoms with Gasteiger partial charge in [-0.1, -0.05) is 6.42 Å². The predicted octanol–water partition coefficient (Wildman–Crippen LogP) is -0.178. The van der Waals surface area contributed by atoms with Crippen molar-refractivity contribution in [2.24, 2.45) is 0 Å². The second-order valence-electron chi connectivity index (χ2n) is 4.90. The average Bonchev–Trinajstić information content (AvgIpc) is 2.29. The van der Waals surface area contributed by atoms with Crippen LogP contribution in [0.3, 0.4) is 0 Å². The van der Waals surface area contributed by atoms with Crippen LogP contribution in [0, 0.1) is 0 Å². The molecule has 2 saturated heterocycles. The lowest BCUT2D eigenvalue weighted by Gasteiger charge is -2.27. The summed E-state index contributed by atoms with van der Waals surface area (Å²) in [5.74, 6) is -0.132. The first kappa shape index (κ1) is 12.8. The fourth-order valence-electron chi connectivity index (χ4n) is 2.52. The highest BCUT2D eigenvalue weighted by molar-refractivity contribution is 7.92. The molecule has 6 heteroatoms. The first-order valence-electron chi connectivity index (χ1n) is 6.32. The van der Waals surface area contributed by atoms with Crippen LogP contribution < -0.4 is 10.6 Å². The summed E-state index contributed by atoms with van der Waals surface area (Å²) in [4.78, 5) is 12.0. The van der Waals surface area contributed by atoms with Crippen LogP contribution >= 0.6 is 0 Å². The van der Waals surface area contributed by atoms with Gasteiger partial charge in [0.2, 0.25) is 5.91 Å². The standard InChI is InChI=1S/C11H20N2O3S/c14-11(13-9-4-3-6-12-8-9)10-5-1-2-7-17(10,15)16/h9-10,12H,1-8H2,(H,13,14)/t9-,10?/m1/s1. The van der Waals surface area contributed by atoms with Crippen molar-refractivity contribution >= 4 is 15.7 Å². The molecule has 1 unspecified atom stereocenters. The van der Waals surface area contributed by atoms with Crippen molar-refractivity contribution in [1.82, 2.24) is 10.6 Å². The largest absolute Gasteiger partial charge is 0.351 e. The van der Waals surface area contributed by atoms with Crippen LogP contribution in [0.25, 0.3) is 0 Å². The summed E-state index contributed by atoms with van der Waals surface area (Å²) in [6.07, 6.45) is 3.97. The van der Waals surface area contributed by atoms with Crippen LogP contribution in [0.15, 0.2) is 0 Å². The second kappa shape index (κ2) is 5.35. The number of carbonyl (C=O) groups is 1. The molecular weight excluding hydrogens is 240 g/mol. The van der Waals surface area contributed by atoms with Crippen molar-refractivity contribution in [2.75, 3.05) is 18.8 Å². The highest BCUT2D eigenvalue weighted by Crippen LogP contribution is 2.20. The number of hydrogen-bond donors (Lipinski definition) is 2. The van der Waals surface area contributed by atoms with Gasteiger partial charge in [-0.3, -0.25) is 4.79 Å². The minimum absolute atomic E-state index is 0.0911. The van der Waals surface area contributed by atoms with Crippen LogP contribution in [0.4, 0.5) is 0 Å². The lowest BCUT2D eigenvalue weighted by Crippen LogP contribution is -2.51. The lowest BCUT2D eigenvalue weighted by atomic mass is 10.1. The number of sulfone groups is 1. The van der Waals surface area contributed by atoms with Gasteiger partial charge >= 0.3 is 0 Å². The van der Waals surface area contributed by atoms with Crippen molar-refractivity contribution < 1.29 is 13.2 Å². The molecule has 5 nitrogen and oxygen atoms in total. The maximum Gasteiger partial charge on any atom is 0.238 e. The number of carbonyl (C=O) groups excluding carboxylic acids is 1. The summed E-state index contributed by atoms with van der Waals surface area (Å²) in [6, 6.07) is 0.0911. The summed E-state index contributed by atoms with van der Waals surface area (Å²) in [6.45, 7) is 1.73. The molecular formula is C11H20N2O3S. The molecule has 0 spiro atoms. The van der Waals surface area contributed by atoms with Crippen molar-refractivity contribution in [3.05, 3.63) is 0 Å². The molecule has 0 radical (unpaired) electrons. The van der Waals surface area contributed by atoms with Crippen molar-refractivity contribution in [2.45, 2.75) is 43.4 Å². The molecule has 98 valence electrons. The quantitative estimate of drug-likeness (QED) is 0.722. The third-order valence-corrected chi connectivity index (χ3v) is 5.69. The monoisotopic (exact) mass is 260 g/mol. The average molecular weight is 260 g/mol. The van der Waals surface area contributed by atoms with Crippen molar-refractivity contribution in [3.63, 3.8) is 0 Å². The predicted molar refractivity (Wildman–Crippen MR) is 65.5 cm³/mol. The summed E-state index contributed by atoms with van der Waals surface area (Å²) in [7, 11) is -3.21. The molecule has 0 aromatic heterocycles. The maximum atomic E-state index is 12.0. The summed E-state index contributed by atoms with van der Waals surface area (Å²) < 4.78 is 23.6. The van der Waals surface area contributed by atoms with Crippen molar-refractivity contribution in [3.8, 4) is 0 Å². The van der Waals surface area contributed by atoms with Gasteiger partial charge in [-0.05, 0) is 32.2 Å². The van der Waals surface area contributed by atoms with E-state index in [2.05, 4.69) is 10.6 Å². The van der Waals surface area contributed by atoms with E-state index >= 15 is 0 Å². The molecule has 0 saturated carbocycles. The van der Waals surface area contributed by atoms with Crippen LogP contribution in [0.5, 0.6) is 0 Å². The van der Waals surface area contributed by atoms with E-state index in [0.717, 1.165) is 32.4 Å². The molecule has 2 rings (SSSR count). The Morgan fingerprint density at radius 3 is 2.65 bits per heavy atom. The Hall–Kier alpha value is -0.620. The number of piperidine rings is 1. The fourth-order valence-corrected chi connectivity index (χ4v) is 4.33. The van der Waals surface area contributed by atoms with E-state index in [4.69, 9.17) is 0 Å². The normalized spacial score (nSPS) is 32.9. The molecule has 17 heavy (non-hydrogen) atoms. The van der Waals surface area contributed by atoms with Gasteiger partial charge in [-0.2, -0.15) is 0 Å². The van der Waals surface area contributed by atoms with Crippen LogP contribution in [0.2, 0.25) is 0 Å². The van der Waals surface area contributed by atoms with Crippen LogP contribution in [-0.4, -0.2) is 44.5 Å². The summed E-state index contributed by atoms with van der Waals surface area (Å²) in [5.41, 5.74) is 0. The lowest BCUT2D eigenvalue weighted by molar-refractivity contribution is -0.121. The highest BCUT2D eigenvalue weighted by atomic mass is 32.2. The highest BCUT2D eigenvalue weighted by Gasteiger charge is 2.35. The molecule has 2 N–H and O–H groups in total. The molecule has 2 atom stereocenters. The van der Waals surface area contributed by atoms with Gasteiger partial charge in [0.05, 0.1) is 5.75 Å². The van der Waals surface area contributed by atoms with E-state index in [0.29, 0.717) is 12.8 Å². The summed E-state index contributed by atoms with van der Waals surface area (Å²) in [5, 5.41) is 5.26. The van der Waals surface area contributed by atoms with Crippen LogP contribution in [-0.2, 0) is 14.6 Å². The van der Waals surface area contributed by atoms with Crippen LogP contribution in [0.1, 0.15) is 32.1 Å². The van der Waals surface area contributed by atoms with E-state index in [9.17, 15) is 13.2 Å². The summed E-state index contributed by atoms with van der Waals surface area (Å²) >= 11 is 0. The first-order chi connectivity index (χ1) is 8.09. The zero-order chi connectivity index (χ0) is 12.3. The van der Waals surface area contributed by atoms with E-state index in [-0.39, 0.29) is 17.7 Å². The SMILES string of the molecule is O=C(N[C@@H]1CCCNC1)C1CCCCS1(=O)=O. The van der Waals surface area contributed by atoms with E-state index in [1.54, 1.807) is 0 Å². The second-order valence-corrected chi connectivity index (χ2v) is 7.21. The Morgan fingerprint density at radius 2 is 2.00 bits per heavy atom. The van der Waals surface area contributed by atoms with Crippen molar-refractivity contribution in [1.29, 1.82) is 0 Å². The molecule has 2 fully saturated rings. The zero-order valence-corrected chi connectivity index (χ0v) is 10.8. The van der Waals surface area contributed by atoms with Gasteiger partial charge < -0.3 is 10.6 Å².